The minimum Gasteiger partial charge on any atom is -0.493 e. The molecular formula is C20H23F2N3O4. The summed E-state index contributed by atoms with van der Waals surface area (Å²) < 4.78 is 36.5. The van der Waals surface area contributed by atoms with Crippen LogP contribution in [0.1, 0.15) is 5.56 Å². The number of anilines is 1. The standard InChI is InChI=1S/C20H23F2N3O4/c1-25(11-13-4-7-17(28-2)18(8-13)29-3)12-20(27)23-10-19(26)24-14-5-6-15(21)16(22)9-14/h4-9H,10-12H2,1-3H3,(H,23,27)(H,24,26). The fraction of sp³-hybridized carbons (Fsp3) is 0.300. The molecule has 2 aromatic rings. The lowest BCUT2D eigenvalue weighted by molar-refractivity contribution is -0.124. The lowest BCUT2D eigenvalue weighted by Crippen LogP contribution is -2.39. The number of methoxy groups -OCH3 is 2. The van der Waals surface area contributed by atoms with Crippen LogP contribution in [0.5, 0.6) is 11.5 Å². The Bertz CT molecular complexity index is 877. The van der Waals surface area contributed by atoms with Crippen molar-refractivity contribution in [2.75, 3.05) is 39.7 Å². The number of rotatable bonds is 9. The minimum atomic E-state index is -1.07. The molecule has 0 aromatic heterocycles. The maximum absolute atomic E-state index is 13.1. The van der Waals surface area contributed by atoms with Gasteiger partial charge in [-0.05, 0) is 36.9 Å². The van der Waals surface area contributed by atoms with Gasteiger partial charge in [0.25, 0.3) is 0 Å². The first-order valence-corrected chi connectivity index (χ1v) is 8.73. The Morgan fingerprint density at radius 2 is 1.69 bits per heavy atom. The summed E-state index contributed by atoms with van der Waals surface area (Å²) >= 11 is 0. The molecule has 0 heterocycles. The molecule has 0 atom stereocenters. The third-order valence-corrected chi connectivity index (χ3v) is 3.96. The Labute approximate surface area is 167 Å². The van der Waals surface area contributed by atoms with Gasteiger partial charge in [-0.15, -0.1) is 0 Å². The number of nitrogens with one attached hydrogen (secondary N) is 2. The number of carbonyl (C=O) groups is 2. The van der Waals surface area contributed by atoms with Crippen LogP contribution in [0.3, 0.4) is 0 Å². The Balaban J connectivity index is 1.79. The summed E-state index contributed by atoms with van der Waals surface area (Å²) in [4.78, 5) is 25.6. The maximum atomic E-state index is 13.1. The topological polar surface area (TPSA) is 79.9 Å². The molecule has 0 saturated heterocycles. The second-order valence-electron chi connectivity index (χ2n) is 6.32. The quantitative estimate of drug-likeness (QED) is 0.666. The molecule has 0 aliphatic heterocycles. The summed E-state index contributed by atoms with van der Waals surface area (Å²) in [6, 6.07) is 8.48. The van der Waals surface area contributed by atoms with E-state index >= 15 is 0 Å². The van der Waals surface area contributed by atoms with Crippen molar-refractivity contribution in [1.82, 2.24) is 10.2 Å². The van der Waals surface area contributed by atoms with Crippen LogP contribution >= 0.6 is 0 Å². The van der Waals surface area contributed by atoms with E-state index in [0.29, 0.717) is 18.0 Å². The number of nitrogens with zero attached hydrogens (tertiary/aromatic N) is 1. The highest BCUT2D eigenvalue weighted by atomic mass is 19.2. The third-order valence-electron chi connectivity index (χ3n) is 3.96. The van der Waals surface area contributed by atoms with Gasteiger partial charge in [0.2, 0.25) is 11.8 Å². The van der Waals surface area contributed by atoms with Gasteiger partial charge in [0.05, 0.1) is 27.3 Å². The van der Waals surface area contributed by atoms with E-state index in [2.05, 4.69) is 10.6 Å². The van der Waals surface area contributed by atoms with Crippen LogP contribution in [-0.2, 0) is 16.1 Å². The normalized spacial score (nSPS) is 10.6. The number of hydrogen-bond acceptors (Lipinski definition) is 5. The Kier molecular flexibility index (Phi) is 7.90. The predicted octanol–water partition coefficient (Wildman–Crippen LogP) is 2.17. The SMILES string of the molecule is COc1ccc(CN(C)CC(=O)NCC(=O)Nc2ccc(F)c(F)c2)cc1OC. The third kappa shape index (κ3) is 6.72. The van der Waals surface area contributed by atoms with Gasteiger partial charge in [0, 0.05) is 18.3 Å². The number of halogens is 2. The minimum absolute atomic E-state index is 0.0623. The molecule has 2 amide bonds. The number of hydrogen-bond donors (Lipinski definition) is 2. The zero-order chi connectivity index (χ0) is 21.4. The van der Waals surface area contributed by atoms with Crippen molar-refractivity contribution in [1.29, 1.82) is 0 Å². The second-order valence-corrected chi connectivity index (χ2v) is 6.32. The molecule has 9 heteroatoms. The average Bonchev–Trinajstić information content (AvgIpc) is 2.69. The Morgan fingerprint density at radius 3 is 2.34 bits per heavy atom. The Morgan fingerprint density at radius 1 is 0.966 bits per heavy atom. The van der Waals surface area contributed by atoms with E-state index in [0.717, 1.165) is 17.7 Å². The van der Waals surface area contributed by atoms with Crippen LogP contribution in [0.2, 0.25) is 0 Å². The lowest BCUT2D eigenvalue weighted by Gasteiger charge is -2.17. The van der Waals surface area contributed by atoms with Gasteiger partial charge in [-0.2, -0.15) is 0 Å². The van der Waals surface area contributed by atoms with E-state index in [1.807, 2.05) is 12.1 Å². The van der Waals surface area contributed by atoms with Crippen LogP contribution in [0.25, 0.3) is 0 Å². The van der Waals surface area contributed by atoms with E-state index in [1.54, 1.807) is 32.2 Å². The van der Waals surface area contributed by atoms with E-state index < -0.39 is 17.5 Å². The van der Waals surface area contributed by atoms with Crippen molar-refractivity contribution in [2.24, 2.45) is 0 Å². The highest BCUT2D eigenvalue weighted by Gasteiger charge is 2.12. The van der Waals surface area contributed by atoms with Crippen LogP contribution < -0.4 is 20.1 Å². The number of likely N-dealkylation sites (N-methyl/N-ethyl adjacent to an activating group) is 1. The fourth-order valence-corrected chi connectivity index (χ4v) is 2.61. The largest absolute Gasteiger partial charge is 0.493 e. The number of ether oxygens (including phenoxy) is 2. The number of benzene rings is 2. The first-order chi connectivity index (χ1) is 13.8. The summed E-state index contributed by atoms with van der Waals surface area (Å²) in [5.74, 6) is -1.77. The molecule has 0 saturated carbocycles. The van der Waals surface area contributed by atoms with Gasteiger partial charge >= 0.3 is 0 Å². The van der Waals surface area contributed by atoms with Crippen molar-refractivity contribution in [3.05, 3.63) is 53.6 Å². The van der Waals surface area contributed by atoms with Crippen molar-refractivity contribution in [2.45, 2.75) is 6.54 Å². The molecule has 0 fully saturated rings. The first-order valence-electron chi connectivity index (χ1n) is 8.73. The van der Waals surface area contributed by atoms with Crippen molar-refractivity contribution >= 4 is 17.5 Å². The van der Waals surface area contributed by atoms with Gasteiger partial charge < -0.3 is 20.1 Å². The highest BCUT2D eigenvalue weighted by molar-refractivity contribution is 5.94. The summed E-state index contributed by atoms with van der Waals surface area (Å²) in [5, 5.41) is 4.86. The van der Waals surface area contributed by atoms with Crippen molar-refractivity contribution < 1.29 is 27.8 Å². The van der Waals surface area contributed by atoms with Gasteiger partial charge in [-0.25, -0.2) is 8.78 Å². The van der Waals surface area contributed by atoms with Gasteiger partial charge in [-0.1, -0.05) is 6.07 Å². The van der Waals surface area contributed by atoms with Crippen LogP contribution in [0.15, 0.2) is 36.4 Å². The summed E-state index contributed by atoms with van der Waals surface area (Å²) in [7, 11) is 4.86. The molecule has 2 N–H and O–H groups in total. The van der Waals surface area contributed by atoms with Gasteiger partial charge in [-0.3, -0.25) is 14.5 Å². The van der Waals surface area contributed by atoms with E-state index in [4.69, 9.17) is 9.47 Å². The van der Waals surface area contributed by atoms with E-state index in [9.17, 15) is 18.4 Å². The second kappa shape index (κ2) is 10.4. The van der Waals surface area contributed by atoms with Gasteiger partial charge in [0.15, 0.2) is 23.1 Å². The van der Waals surface area contributed by atoms with Crippen LogP contribution in [0, 0.1) is 11.6 Å². The maximum Gasteiger partial charge on any atom is 0.243 e. The highest BCUT2D eigenvalue weighted by Crippen LogP contribution is 2.27. The van der Waals surface area contributed by atoms with Crippen LogP contribution in [-0.4, -0.2) is 51.1 Å². The molecule has 0 aliphatic rings. The number of carbonyl (C=O) groups excluding carboxylic acids is 2. The molecule has 2 aromatic carbocycles. The molecule has 156 valence electrons. The predicted molar refractivity (Wildman–Crippen MR) is 104 cm³/mol. The molecule has 0 radical (unpaired) electrons. The molecule has 0 aliphatic carbocycles. The van der Waals surface area contributed by atoms with Crippen LogP contribution in [0.4, 0.5) is 14.5 Å². The molecule has 29 heavy (non-hydrogen) atoms. The van der Waals surface area contributed by atoms with E-state index in [1.165, 1.54) is 6.07 Å². The summed E-state index contributed by atoms with van der Waals surface area (Å²) in [6.45, 7) is 0.254. The molecule has 0 spiro atoms. The molecular weight excluding hydrogens is 384 g/mol. The lowest BCUT2D eigenvalue weighted by atomic mass is 10.2. The molecule has 0 bridgehead atoms. The van der Waals surface area contributed by atoms with Crippen molar-refractivity contribution in [3.8, 4) is 11.5 Å². The zero-order valence-electron chi connectivity index (χ0n) is 16.4. The monoisotopic (exact) mass is 407 g/mol. The molecule has 0 unspecified atom stereocenters. The fourth-order valence-electron chi connectivity index (χ4n) is 2.61. The summed E-state index contributed by atoms with van der Waals surface area (Å²) in [5.41, 5.74) is 1.03. The Hall–Kier alpha value is -3.20. The summed E-state index contributed by atoms with van der Waals surface area (Å²) in [6.07, 6.45) is 0. The van der Waals surface area contributed by atoms with E-state index in [-0.39, 0.29) is 24.7 Å². The zero-order valence-corrected chi connectivity index (χ0v) is 16.4. The molecule has 7 nitrogen and oxygen atoms in total. The number of amides is 2. The van der Waals surface area contributed by atoms with Gasteiger partial charge in [0.1, 0.15) is 0 Å². The smallest absolute Gasteiger partial charge is 0.243 e. The average molecular weight is 407 g/mol. The first kappa shape index (κ1) is 22.1. The van der Waals surface area contributed by atoms with Crippen molar-refractivity contribution in [3.63, 3.8) is 0 Å². The molecule has 2 rings (SSSR count).